The van der Waals surface area contributed by atoms with Crippen LogP contribution in [0, 0.1) is 17.2 Å². The Bertz CT molecular complexity index is 2950. The monoisotopic (exact) mass is 1390 g/mol. The van der Waals surface area contributed by atoms with Crippen LogP contribution in [0.15, 0.2) is 67.1 Å². The number of aliphatic hydroxyl groups is 2. The molecule has 1 aromatic heterocycles. The summed E-state index contributed by atoms with van der Waals surface area (Å²) in [5, 5.41) is 67.1. The number of carbonyl (C=O) groups is 10. The van der Waals surface area contributed by atoms with Gasteiger partial charge in [-0.1, -0.05) is 154 Å². The van der Waals surface area contributed by atoms with E-state index in [-0.39, 0.29) is 80.9 Å². The highest BCUT2D eigenvalue weighted by Crippen LogP contribution is 2.17. The number of imidazole rings is 1. The van der Waals surface area contributed by atoms with E-state index in [1.54, 1.807) is 56.3 Å². The summed E-state index contributed by atoms with van der Waals surface area (Å²) < 4.78 is 0. The minimum absolute atomic E-state index is 0.00106. The van der Waals surface area contributed by atoms with E-state index >= 15 is 0 Å². The summed E-state index contributed by atoms with van der Waals surface area (Å²) in [6.45, 7) is 14.6. The number of aromatic amines is 1. The number of hydrogen-bond donors (Lipinski definition) is 17. The smallest absolute Gasteiger partial charge is 0.245 e. The maximum absolute atomic E-state index is 14.7. The van der Waals surface area contributed by atoms with Crippen LogP contribution in [0.25, 0.3) is 0 Å². The van der Waals surface area contributed by atoms with Crippen LogP contribution in [0.5, 0.6) is 5.75 Å². The number of nitrogens with two attached hydrogens (primary N) is 1. The summed E-state index contributed by atoms with van der Waals surface area (Å²) in [6.07, 6.45) is 17.1. The number of H-pyrrole nitrogens is 1. The van der Waals surface area contributed by atoms with Gasteiger partial charge in [0.05, 0.1) is 30.8 Å². The number of phenolic OH excluding ortho intramolecular Hbond substituents is 1. The molecule has 0 saturated heterocycles. The lowest BCUT2D eigenvalue weighted by atomic mass is 10.0. The van der Waals surface area contributed by atoms with E-state index < -0.39 is 126 Å². The minimum atomic E-state index is -1.49. The van der Waals surface area contributed by atoms with Gasteiger partial charge in [-0.15, -0.1) is 0 Å². The van der Waals surface area contributed by atoms with Crippen LogP contribution in [-0.4, -0.2) is 170 Å². The van der Waals surface area contributed by atoms with Gasteiger partial charge in [-0.3, -0.25) is 53.4 Å². The Morgan fingerprint density at radius 2 is 0.899 bits per heavy atom. The van der Waals surface area contributed by atoms with Crippen molar-refractivity contribution in [3.05, 3.63) is 83.9 Å². The van der Waals surface area contributed by atoms with Crippen LogP contribution < -0.4 is 64.2 Å². The molecule has 3 rings (SSSR count). The number of carbonyl (C=O) groups excluding carboxylic acids is 10. The highest BCUT2D eigenvalue weighted by molar-refractivity contribution is 5.98. The van der Waals surface area contributed by atoms with E-state index in [0.717, 1.165) is 19.3 Å². The first-order valence-corrected chi connectivity index (χ1v) is 35.3. The molecule has 0 unspecified atom stereocenters. The molecular weight excluding hydrogens is 1270 g/mol. The summed E-state index contributed by atoms with van der Waals surface area (Å²) >= 11 is 0. The third kappa shape index (κ3) is 34.6. The molecule has 11 atom stereocenters. The molecule has 0 aliphatic carbocycles. The van der Waals surface area contributed by atoms with Crippen LogP contribution in [-0.2, 0) is 67.2 Å². The molecule has 0 bridgehead atoms. The Kier molecular flexibility index (Phi) is 39.8. The van der Waals surface area contributed by atoms with Crippen molar-refractivity contribution in [1.82, 2.24) is 68.5 Å². The second-order valence-electron chi connectivity index (χ2n) is 26.7. The van der Waals surface area contributed by atoms with Gasteiger partial charge in [0.15, 0.2) is 5.96 Å². The molecular formula is C71H115N15O13. The zero-order chi connectivity index (χ0) is 73.4. The van der Waals surface area contributed by atoms with Crippen molar-refractivity contribution in [2.24, 2.45) is 17.6 Å². The first-order valence-electron chi connectivity index (χ1n) is 35.3. The van der Waals surface area contributed by atoms with E-state index in [0.29, 0.717) is 29.7 Å². The summed E-state index contributed by atoms with van der Waals surface area (Å²) in [6, 6.07) is 1.84. The van der Waals surface area contributed by atoms with Crippen molar-refractivity contribution in [2.75, 3.05) is 13.2 Å². The van der Waals surface area contributed by atoms with Gasteiger partial charge < -0.3 is 84.5 Å². The number of aromatic nitrogens is 2. The van der Waals surface area contributed by atoms with Crippen LogP contribution >= 0.6 is 0 Å². The molecule has 28 nitrogen and oxygen atoms in total. The van der Waals surface area contributed by atoms with Gasteiger partial charge in [0, 0.05) is 38.4 Å². The molecule has 18 N–H and O–H groups in total. The highest BCUT2D eigenvalue weighted by atomic mass is 16.3. The standard InChI is InChI=1S/C71H115N15O13/c1-10-11-12-13-14-15-16-17-18-19-20-21-25-30-61(90)80-55(36-44(2)3)65(94)78-48(8)63(92)82-58(39-51-31-33-53(89)34-32-51)68(97)84-57(38-50-27-23-22-24-28-50)66(95)79-47(7)62(91)81-54(29-26-35-75-71(72)73)64(93)83-56(37-45(4)5)67(96)85-59(40-52-41-74-43-76-52)69(98)86-60(42-87)70(99)77-46(6)49(9)88/h22-24,27-28,31-34,41,43-49,54-60,87-89H,10-21,25-26,29-30,35-40,42H2,1-9H3,(H,74,76)(H,77,99)(H,78,94)(H,79,95)(H,80,90)(H,81,91)(H,82,92)(H,83,93)(H,84,97)(H,85,96)(H,86,98)(H4,72,73,75)/t46-,47+,48+,49-,54+,55+,56+,57+,58+,59+,60+/m1/s1. The Morgan fingerprint density at radius 1 is 0.485 bits per heavy atom. The van der Waals surface area contributed by atoms with Gasteiger partial charge in [-0.2, -0.15) is 0 Å². The van der Waals surface area contributed by atoms with Crippen molar-refractivity contribution in [1.29, 1.82) is 5.41 Å². The number of unbranched alkanes of at least 4 members (excludes halogenated alkanes) is 12. The number of amides is 10. The molecule has 1 heterocycles. The van der Waals surface area contributed by atoms with Gasteiger partial charge in [0.1, 0.15) is 60.1 Å². The van der Waals surface area contributed by atoms with Crippen molar-refractivity contribution in [3.63, 3.8) is 0 Å². The van der Waals surface area contributed by atoms with Crippen molar-refractivity contribution >= 4 is 65.0 Å². The molecule has 552 valence electrons. The van der Waals surface area contributed by atoms with E-state index in [1.807, 2.05) is 13.8 Å². The average Bonchev–Trinajstić information content (AvgIpc) is 1.33. The Hall–Kier alpha value is -8.66. The summed E-state index contributed by atoms with van der Waals surface area (Å²) in [5.74, 6) is -8.16. The second kappa shape index (κ2) is 46.6. The third-order valence-corrected chi connectivity index (χ3v) is 16.8. The number of guanidine groups is 1. The molecule has 10 amide bonds. The van der Waals surface area contributed by atoms with Gasteiger partial charge in [0.25, 0.3) is 0 Å². The molecule has 0 saturated carbocycles. The maximum atomic E-state index is 14.7. The molecule has 0 aliphatic heterocycles. The first kappa shape index (κ1) is 84.6. The normalized spacial score (nSPS) is 14.6. The number of phenols is 1. The predicted octanol–water partition coefficient (Wildman–Crippen LogP) is 3.26. The summed E-state index contributed by atoms with van der Waals surface area (Å²) in [4.78, 5) is 147. The van der Waals surface area contributed by atoms with Crippen LogP contribution in [0.2, 0.25) is 0 Å². The molecule has 0 spiro atoms. The first-order chi connectivity index (χ1) is 47.1. The molecule has 2 aromatic carbocycles. The Balaban J connectivity index is 1.82. The van der Waals surface area contributed by atoms with Crippen molar-refractivity contribution in [3.8, 4) is 5.75 Å². The third-order valence-electron chi connectivity index (χ3n) is 16.8. The molecule has 28 heteroatoms. The molecule has 99 heavy (non-hydrogen) atoms. The number of rotatable bonds is 49. The molecule has 0 radical (unpaired) electrons. The molecule has 0 fully saturated rings. The fourth-order valence-corrected chi connectivity index (χ4v) is 10.8. The van der Waals surface area contributed by atoms with Crippen LogP contribution in [0.4, 0.5) is 0 Å². The molecule has 0 aliphatic rings. The fraction of sp³-hybridized carbons (Fsp3) is 0.634. The lowest BCUT2D eigenvalue weighted by Crippen LogP contribution is -2.61. The van der Waals surface area contributed by atoms with E-state index in [9.17, 15) is 63.3 Å². The predicted molar refractivity (Wildman–Crippen MR) is 378 cm³/mol. The van der Waals surface area contributed by atoms with Gasteiger partial charge in [-0.25, -0.2) is 4.98 Å². The number of hydrogen-bond acceptors (Lipinski definition) is 15. The van der Waals surface area contributed by atoms with Gasteiger partial charge in [0.2, 0.25) is 59.1 Å². The Labute approximate surface area is 583 Å². The summed E-state index contributed by atoms with van der Waals surface area (Å²) in [7, 11) is 0. The number of benzene rings is 2. The van der Waals surface area contributed by atoms with Gasteiger partial charge >= 0.3 is 0 Å². The van der Waals surface area contributed by atoms with Crippen LogP contribution in [0.1, 0.15) is 195 Å². The topological polar surface area (TPSA) is 442 Å². The average molecular weight is 1390 g/mol. The van der Waals surface area contributed by atoms with Crippen molar-refractivity contribution in [2.45, 2.75) is 264 Å². The zero-order valence-corrected chi connectivity index (χ0v) is 59.6. The fourth-order valence-electron chi connectivity index (χ4n) is 10.8. The summed E-state index contributed by atoms with van der Waals surface area (Å²) in [5.41, 5.74) is 6.97. The maximum Gasteiger partial charge on any atom is 0.245 e. The van der Waals surface area contributed by atoms with E-state index in [4.69, 9.17) is 11.1 Å². The number of nitrogens with one attached hydrogen (secondary N) is 13. The second-order valence-corrected chi connectivity index (χ2v) is 26.7. The van der Waals surface area contributed by atoms with Crippen LogP contribution in [0.3, 0.4) is 0 Å². The lowest BCUT2D eigenvalue weighted by molar-refractivity contribution is -0.136. The quantitative estimate of drug-likeness (QED) is 0.0219. The van der Waals surface area contributed by atoms with E-state index in [1.165, 1.54) is 110 Å². The largest absolute Gasteiger partial charge is 0.508 e. The number of aromatic hydroxyl groups is 1. The Morgan fingerprint density at radius 3 is 1.38 bits per heavy atom. The molecule has 3 aromatic rings. The number of nitrogens with zero attached hydrogens (tertiary/aromatic N) is 1. The lowest BCUT2D eigenvalue weighted by Gasteiger charge is -2.28. The SMILES string of the molecule is CCCCCCCCCCCCCCCC(=O)N[C@@H](CC(C)C)C(=O)N[C@@H](C)C(=O)N[C@@H](Cc1ccc(O)cc1)C(=O)N[C@@H](Cc1ccccc1)C(=O)N[C@@H](C)C(=O)N[C@@H](CCCNC(=N)N)C(=O)N[C@@H](CC(C)C)C(=O)N[C@@H](Cc1c[nH]cn1)C(=O)N[C@@H](CO)C(=O)N[C@H](C)[C@@H](C)O. The highest BCUT2D eigenvalue weighted by Gasteiger charge is 2.36. The zero-order valence-electron chi connectivity index (χ0n) is 59.6. The number of aliphatic hydroxyl groups excluding tert-OH is 2. The van der Waals surface area contributed by atoms with Crippen molar-refractivity contribution < 1.29 is 63.3 Å². The van der Waals surface area contributed by atoms with E-state index in [2.05, 4.69) is 75.4 Å². The minimum Gasteiger partial charge on any atom is -0.508 e. The van der Waals surface area contributed by atoms with Gasteiger partial charge in [-0.05, 0) is 94.9 Å².